The third-order valence-corrected chi connectivity index (χ3v) is 4.49. The fraction of sp³-hybridized carbons (Fsp3) is 0.368. The van der Waals surface area contributed by atoms with E-state index in [4.69, 9.17) is 4.74 Å². The largest absolute Gasteiger partial charge is 0.496 e. The molecule has 24 heavy (non-hydrogen) atoms. The predicted molar refractivity (Wildman–Crippen MR) is 94.2 cm³/mol. The molecule has 1 heterocycles. The second kappa shape index (κ2) is 7.45. The number of ether oxygens (including phenoxy) is 1. The first kappa shape index (κ1) is 16.5. The van der Waals surface area contributed by atoms with E-state index < -0.39 is 0 Å². The van der Waals surface area contributed by atoms with Crippen LogP contribution >= 0.6 is 0 Å². The van der Waals surface area contributed by atoms with E-state index in [0.29, 0.717) is 0 Å². The summed E-state index contributed by atoms with van der Waals surface area (Å²) in [6.07, 6.45) is 3.83. The highest BCUT2D eigenvalue weighted by molar-refractivity contribution is 5.73. The molecule has 0 saturated carbocycles. The maximum absolute atomic E-state index is 11.0. The Hall–Kier alpha value is -2.40. The summed E-state index contributed by atoms with van der Waals surface area (Å²) in [5, 5.41) is 11.0. The average molecular weight is 326 g/mol. The van der Waals surface area contributed by atoms with E-state index in [9.17, 15) is 10.1 Å². The lowest BCUT2D eigenvalue weighted by atomic mass is 10.0. The van der Waals surface area contributed by atoms with Crippen LogP contribution in [0.2, 0.25) is 0 Å². The lowest BCUT2D eigenvalue weighted by Crippen LogP contribution is -2.29. The van der Waals surface area contributed by atoms with Crippen molar-refractivity contribution in [1.82, 2.24) is 4.90 Å². The summed E-state index contributed by atoms with van der Waals surface area (Å²) in [6, 6.07) is 12.8. The second-order valence-corrected chi connectivity index (χ2v) is 6.18. The van der Waals surface area contributed by atoms with Crippen LogP contribution in [0, 0.1) is 10.1 Å². The van der Waals surface area contributed by atoms with Crippen LogP contribution < -0.4 is 4.74 Å². The van der Waals surface area contributed by atoms with Crippen molar-refractivity contribution in [2.75, 3.05) is 20.2 Å². The van der Waals surface area contributed by atoms with E-state index >= 15 is 0 Å². The van der Waals surface area contributed by atoms with Gasteiger partial charge < -0.3 is 4.74 Å². The number of methoxy groups -OCH3 is 1. The SMILES string of the molecule is COc1ccc(CN2CCCCC2)cc1-c1cccc([N+](=O)[O-])c1. The summed E-state index contributed by atoms with van der Waals surface area (Å²) >= 11 is 0. The first-order valence-corrected chi connectivity index (χ1v) is 8.31. The Morgan fingerprint density at radius 2 is 1.92 bits per heavy atom. The van der Waals surface area contributed by atoms with E-state index in [2.05, 4.69) is 17.0 Å². The number of hydrogen-bond donors (Lipinski definition) is 0. The monoisotopic (exact) mass is 326 g/mol. The van der Waals surface area contributed by atoms with Gasteiger partial charge in [-0.05, 0) is 49.2 Å². The van der Waals surface area contributed by atoms with Gasteiger partial charge in [0.1, 0.15) is 5.75 Å². The quantitative estimate of drug-likeness (QED) is 0.608. The predicted octanol–water partition coefficient (Wildman–Crippen LogP) is 4.26. The summed E-state index contributed by atoms with van der Waals surface area (Å²) in [5.41, 5.74) is 3.01. The fourth-order valence-corrected chi connectivity index (χ4v) is 3.24. The molecule has 0 bridgehead atoms. The van der Waals surface area contributed by atoms with Gasteiger partial charge in [-0.1, -0.05) is 24.6 Å². The van der Waals surface area contributed by atoms with Crippen molar-refractivity contribution in [1.29, 1.82) is 0 Å². The van der Waals surface area contributed by atoms with Gasteiger partial charge in [-0.2, -0.15) is 0 Å². The van der Waals surface area contributed by atoms with Crippen LogP contribution in [0.5, 0.6) is 5.75 Å². The smallest absolute Gasteiger partial charge is 0.270 e. The molecule has 2 aromatic rings. The van der Waals surface area contributed by atoms with Crippen molar-refractivity contribution in [3.8, 4) is 16.9 Å². The number of nitrogens with zero attached hydrogens (tertiary/aromatic N) is 2. The number of hydrogen-bond acceptors (Lipinski definition) is 4. The molecular weight excluding hydrogens is 304 g/mol. The van der Waals surface area contributed by atoms with Gasteiger partial charge in [0.2, 0.25) is 0 Å². The summed E-state index contributed by atoms with van der Waals surface area (Å²) in [4.78, 5) is 13.1. The second-order valence-electron chi connectivity index (χ2n) is 6.18. The van der Waals surface area contributed by atoms with Crippen molar-refractivity contribution in [2.24, 2.45) is 0 Å². The molecule has 0 amide bonds. The highest BCUT2D eigenvalue weighted by Gasteiger charge is 2.14. The third kappa shape index (κ3) is 3.74. The van der Waals surface area contributed by atoms with Crippen molar-refractivity contribution in [3.63, 3.8) is 0 Å². The van der Waals surface area contributed by atoms with Gasteiger partial charge in [0.25, 0.3) is 5.69 Å². The van der Waals surface area contributed by atoms with Crippen LogP contribution in [0.1, 0.15) is 24.8 Å². The Morgan fingerprint density at radius 1 is 1.12 bits per heavy atom. The Kier molecular flexibility index (Phi) is 5.11. The number of nitro groups is 1. The molecule has 3 rings (SSSR count). The molecule has 0 radical (unpaired) electrons. The molecule has 1 fully saturated rings. The molecule has 0 aliphatic carbocycles. The number of non-ortho nitro benzene ring substituents is 1. The van der Waals surface area contributed by atoms with E-state index in [-0.39, 0.29) is 10.6 Å². The van der Waals surface area contributed by atoms with Crippen molar-refractivity contribution in [2.45, 2.75) is 25.8 Å². The van der Waals surface area contributed by atoms with Gasteiger partial charge in [0.15, 0.2) is 0 Å². The molecule has 0 N–H and O–H groups in total. The van der Waals surface area contributed by atoms with E-state index in [1.165, 1.54) is 30.9 Å². The maximum atomic E-state index is 11.0. The average Bonchev–Trinajstić information content (AvgIpc) is 2.62. The minimum Gasteiger partial charge on any atom is -0.496 e. The van der Waals surface area contributed by atoms with Crippen molar-refractivity contribution in [3.05, 3.63) is 58.1 Å². The van der Waals surface area contributed by atoms with E-state index in [1.54, 1.807) is 19.2 Å². The van der Waals surface area contributed by atoms with Crippen LogP contribution in [-0.4, -0.2) is 30.0 Å². The highest BCUT2D eigenvalue weighted by atomic mass is 16.6. The Morgan fingerprint density at radius 3 is 2.62 bits per heavy atom. The summed E-state index contributed by atoms with van der Waals surface area (Å²) in [7, 11) is 1.63. The molecule has 1 saturated heterocycles. The van der Waals surface area contributed by atoms with Crippen LogP contribution in [0.25, 0.3) is 11.1 Å². The fourth-order valence-electron chi connectivity index (χ4n) is 3.24. The highest BCUT2D eigenvalue weighted by Crippen LogP contribution is 2.33. The number of rotatable bonds is 5. The normalized spacial score (nSPS) is 15.2. The third-order valence-electron chi connectivity index (χ3n) is 4.49. The zero-order valence-electron chi connectivity index (χ0n) is 13.9. The minimum atomic E-state index is -0.368. The van der Waals surface area contributed by atoms with Crippen LogP contribution in [-0.2, 0) is 6.54 Å². The lowest BCUT2D eigenvalue weighted by molar-refractivity contribution is -0.384. The molecule has 5 nitrogen and oxygen atoms in total. The van der Waals surface area contributed by atoms with Gasteiger partial charge >= 0.3 is 0 Å². The molecule has 126 valence electrons. The zero-order chi connectivity index (χ0) is 16.9. The molecule has 1 aliphatic rings. The lowest BCUT2D eigenvalue weighted by Gasteiger charge is -2.26. The number of piperidine rings is 1. The van der Waals surface area contributed by atoms with E-state index in [1.807, 2.05) is 12.1 Å². The molecule has 0 aromatic heterocycles. The molecule has 0 spiro atoms. The van der Waals surface area contributed by atoms with Crippen LogP contribution in [0.3, 0.4) is 0 Å². The van der Waals surface area contributed by atoms with E-state index in [0.717, 1.165) is 36.5 Å². The Labute approximate surface area is 142 Å². The zero-order valence-corrected chi connectivity index (χ0v) is 13.9. The summed E-state index contributed by atoms with van der Waals surface area (Å²) in [6.45, 7) is 3.18. The van der Waals surface area contributed by atoms with Crippen molar-refractivity contribution >= 4 is 5.69 Å². The molecule has 0 unspecified atom stereocenters. The van der Waals surface area contributed by atoms with Gasteiger partial charge in [0, 0.05) is 24.2 Å². The molecular formula is C19H22N2O3. The first-order valence-electron chi connectivity index (χ1n) is 8.31. The summed E-state index contributed by atoms with van der Waals surface area (Å²) in [5.74, 6) is 0.734. The summed E-state index contributed by atoms with van der Waals surface area (Å²) < 4.78 is 5.46. The van der Waals surface area contributed by atoms with Crippen molar-refractivity contribution < 1.29 is 9.66 Å². The number of nitro benzene ring substituents is 1. The molecule has 1 aliphatic heterocycles. The molecule has 0 atom stereocenters. The number of likely N-dealkylation sites (tertiary alicyclic amines) is 1. The van der Waals surface area contributed by atoms with Crippen LogP contribution in [0.15, 0.2) is 42.5 Å². The Bertz CT molecular complexity index is 724. The van der Waals surface area contributed by atoms with Gasteiger partial charge in [-0.15, -0.1) is 0 Å². The topological polar surface area (TPSA) is 55.6 Å². The maximum Gasteiger partial charge on any atom is 0.270 e. The van der Waals surface area contributed by atoms with Crippen LogP contribution in [0.4, 0.5) is 5.69 Å². The van der Waals surface area contributed by atoms with Gasteiger partial charge in [-0.25, -0.2) is 0 Å². The Balaban J connectivity index is 1.91. The van der Waals surface area contributed by atoms with Gasteiger partial charge in [0.05, 0.1) is 12.0 Å². The minimum absolute atomic E-state index is 0.0935. The number of benzene rings is 2. The first-order chi connectivity index (χ1) is 11.7. The molecule has 2 aromatic carbocycles. The van der Waals surface area contributed by atoms with Gasteiger partial charge in [-0.3, -0.25) is 15.0 Å². The standard InChI is InChI=1S/C19H22N2O3/c1-24-19-9-8-15(14-20-10-3-2-4-11-20)12-18(19)16-6-5-7-17(13-16)21(22)23/h5-9,12-13H,2-4,10-11,14H2,1H3. The molecule has 5 heteroatoms.